The standard InChI is InChI=1S/C11H17N3O4S/c1-4-18-9(17)5-14-10(7(2)3)12-13-11(14)19-6-8(15)16/h7H,4-6H2,1-3H3,(H,15,16). The van der Waals surface area contributed by atoms with Crippen molar-refractivity contribution in [2.24, 2.45) is 0 Å². The van der Waals surface area contributed by atoms with Crippen LogP contribution >= 0.6 is 11.8 Å². The number of carboxylic acids is 1. The number of carboxylic acid groups (broad SMARTS) is 1. The number of thioether (sulfide) groups is 1. The van der Waals surface area contributed by atoms with Gasteiger partial charge in [0.05, 0.1) is 12.4 Å². The monoisotopic (exact) mass is 287 g/mol. The lowest BCUT2D eigenvalue weighted by molar-refractivity contribution is -0.144. The molecule has 0 spiro atoms. The highest BCUT2D eigenvalue weighted by atomic mass is 32.2. The number of aromatic nitrogens is 3. The Kier molecular flexibility index (Phi) is 5.81. The maximum atomic E-state index is 11.6. The lowest BCUT2D eigenvalue weighted by atomic mass is 10.2. The summed E-state index contributed by atoms with van der Waals surface area (Å²) in [5.41, 5.74) is 0. The molecule has 19 heavy (non-hydrogen) atoms. The number of nitrogens with zero attached hydrogens (tertiary/aromatic N) is 3. The number of aliphatic carboxylic acids is 1. The molecule has 7 nitrogen and oxygen atoms in total. The van der Waals surface area contributed by atoms with Crippen molar-refractivity contribution in [1.82, 2.24) is 14.8 Å². The minimum Gasteiger partial charge on any atom is -0.481 e. The summed E-state index contributed by atoms with van der Waals surface area (Å²) < 4.78 is 6.50. The van der Waals surface area contributed by atoms with E-state index in [0.29, 0.717) is 17.6 Å². The van der Waals surface area contributed by atoms with Gasteiger partial charge in [-0.2, -0.15) is 0 Å². The molecule has 1 heterocycles. The third-order valence-electron chi connectivity index (χ3n) is 2.18. The first-order valence-corrected chi connectivity index (χ1v) is 6.87. The fourth-order valence-corrected chi connectivity index (χ4v) is 2.11. The summed E-state index contributed by atoms with van der Waals surface area (Å²) in [6.45, 7) is 5.88. The summed E-state index contributed by atoms with van der Waals surface area (Å²) in [6, 6.07) is 0. The van der Waals surface area contributed by atoms with E-state index >= 15 is 0 Å². The van der Waals surface area contributed by atoms with Gasteiger partial charge < -0.3 is 9.84 Å². The number of hydrogen-bond acceptors (Lipinski definition) is 6. The fourth-order valence-electron chi connectivity index (χ4n) is 1.44. The first-order valence-electron chi connectivity index (χ1n) is 5.89. The van der Waals surface area contributed by atoms with Crippen LogP contribution < -0.4 is 0 Å². The third-order valence-corrected chi connectivity index (χ3v) is 3.13. The molecule has 0 amide bonds. The van der Waals surface area contributed by atoms with Crippen LogP contribution in [0.2, 0.25) is 0 Å². The van der Waals surface area contributed by atoms with E-state index < -0.39 is 5.97 Å². The topological polar surface area (TPSA) is 94.3 Å². The highest BCUT2D eigenvalue weighted by Crippen LogP contribution is 2.21. The van der Waals surface area contributed by atoms with Gasteiger partial charge in [-0.1, -0.05) is 25.6 Å². The highest BCUT2D eigenvalue weighted by molar-refractivity contribution is 7.99. The van der Waals surface area contributed by atoms with Crippen LogP contribution in [-0.2, 0) is 20.9 Å². The summed E-state index contributed by atoms with van der Waals surface area (Å²) >= 11 is 1.04. The molecule has 1 aromatic rings. The Morgan fingerprint density at radius 1 is 1.42 bits per heavy atom. The third kappa shape index (κ3) is 4.55. The van der Waals surface area contributed by atoms with Gasteiger partial charge in [-0.3, -0.25) is 14.2 Å². The maximum absolute atomic E-state index is 11.6. The van der Waals surface area contributed by atoms with Gasteiger partial charge in [0.15, 0.2) is 5.16 Å². The first-order chi connectivity index (χ1) is 8.95. The van der Waals surface area contributed by atoms with Crippen LogP contribution in [0.25, 0.3) is 0 Å². The predicted molar refractivity (Wildman–Crippen MR) is 69.1 cm³/mol. The predicted octanol–water partition coefficient (Wildman–Crippen LogP) is 1.14. The normalized spacial score (nSPS) is 10.7. The van der Waals surface area contributed by atoms with Crippen molar-refractivity contribution >= 4 is 23.7 Å². The highest BCUT2D eigenvalue weighted by Gasteiger charge is 2.18. The zero-order valence-electron chi connectivity index (χ0n) is 11.1. The van der Waals surface area contributed by atoms with Crippen molar-refractivity contribution in [3.8, 4) is 0 Å². The molecule has 1 aromatic heterocycles. The van der Waals surface area contributed by atoms with E-state index in [1.165, 1.54) is 0 Å². The van der Waals surface area contributed by atoms with Crippen molar-refractivity contribution in [3.63, 3.8) is 0 Å². The second kappa shape index (κ2) is 7.13. The maximum Gasteiger partial charge on any atom is 0.326 e. The van der Waals surface area contributed by atoms with Gasteiger partial charge in [0, 0.05) is 5.92 Å². The van der Waals surface area contributed by atoms with E-state index in [9.17, 15) is 9.59 Å². The Labute approximate surface area is 115 Å². The molecule has 0 saturated heterocycles. The summed E-state index contributed by atoms with van der Waals surface area (Å²) in [4.78, 5) is 22.1. The quantitative estimate of drug-likeness (QED) is 0.593. The van der Waals surface area contributed by atoms with E-state index in [2.05, 4.69) is 10.2 Å². The molecule has 1 N–H and O–H groups in total. The number of ether oxygens (including phenoxy) is 1. The van der Waals surface area contributed by atoms with Crippen molar-refractivity contribution in [3.05, 3.63) is 5.82 Å². The van der Waals surface area contributed by atoms with E-state index in [1.54, 1.807) is 11.5 Å². The molecule has 0 aliphatic rings. The zero-order valence-corrected chi connectivity index (χ0v) is 11.9. The van der Waals surface area contributed by atoms with Gasteiger partial charge in [0.25, 0.3) is 0 Å². The largest absolute Gasteiger partial charge is 0.481 e. The average Bonchev–Trinajstić information content (AvgIpc) is 2.69. The minimum absolute atomic E-state index is 0.00366. The van der Waals surface area contributed by atoms with Gasteiger partial charge in [-0.05, 0) is 6.92 Å². The Balaban J connectivity index is 2.91. The van der Waals surface area contributed by atoms with E-state index in [0.717, 1.165) is 11.8 Å². The summed E-state index contributed by atoms with van der Waals surface area (Å²) in [5.74, 6) is -0.732. The van der Waals surface area contributed by atoms with Crippen molar-refractivity contribution in [2.45, 2.75) is 38.4 Å². The molecule has 8 heteroatoms. The van der Waals surface area contributed by atoms with E-state index in [4.69, 9.17) is 9.84 Å². The van der Waals surface area contributed by atoms with Crippen molar-refractivity contribution in [2.75, 3.05) is 12.4 Å². The van der Waals surface area contributed by atoms with E-state index in [-0.39, 0.29) is 24.2 Å². The minimum atomic E-state index is -0.943. The number of esters is 1. The Morgan fingerprint density at radius 2 is 2.11 bits per heavy atom. The van der Waals surface area contributed by atoms with Crippen LogP contribution in [0.5, 0.6) is 0 Å². The molecule has 0 bridgehead atoms. The van der Waals surface area contributed by atoms with Crippen LogP contribution in [0.3, 0.4) is 0 Å². The van der Waals surface area contributed by atoms with Crippen LogP contribution in [0, 0.1) is 0 Å². The number of rotatable bonds is 7. The fraction of sp³-hybridized carbons (Fsp3) is 0.636. The van der Waals surface area contributed by atoms with Gasteiger partial charge in [0.2, 0.25) is 0 Å². The lowest BCUT2D eigenvalue weighted by Gasteiger charge is -2.10. The Hall–Kier alpha value is -1.57. The SMILES string of the molecule is CCOC(=O)Cn1c(SCC(=O)O)nnc1C(C)C. The van der Waals surface area contributed by atoms with Crippen LogP contribution in [0.15, 0.2) is 5.16 Å². The number of carbonyl (C=O) groups excluding carboxylic acids is 1. The Morgan fingerprint density at radius 3 is 2.63 bits per heavy atom. The molecule has 0 aliphatic carbocycles. The molecule has 1 rings (SSSR count). The second-order valence-corrected chi connectivity index (χ2v) is 5.01. The summed E-state index contributed by atoms with van der Waals surface area (Å²) in [5, 5.41) is 17.0. The molecule has 106 valence electrons. The van der Waals surface area contributed by atoms with Gasteiger partial charge >= 0.3 is 11.9 Å². The molecule has 0 fully saturated rings. The molecular weight excluding hydrogens is 270 g/mol. The molecule has 0 radical (unpaired) electrons. The van der Waals surface area contributed by atoms with Crippen LogP contribution in [0.4, 0.5) is 0 Å². The lowest BCUT2D eigenvalue weighted by Crippen LogP contribution is -2.17. The first kappa shape index (κ1) is 15.5. The van der Waals surface area contributed by atoms with Crippen LogP contribution in [0.1, 0.15) is 32.5 Å². The number of hydrogen-bond donors (Lipinski definition) is 1. The van der Waals surface area contributed by atoms with Crippen LogP contribution in [-0.4, -0.2) is 44.2 Å². The molecule has 0 unspecified atom stereocenters. The smallest absolute Gasteiger partial charge is 0.326 e. The van der Waals surface area contributed by atoms with E-state index in [1.807, 2.05) is 13.8 Å². The van der Waals surface area contributed by atoms with Crippen molar-refractivity contribution < 1.29 is 19.4 Å². The molecule has 0 atom stereocenters. The van der Waals surface area contributed by atoms with Gasteiger partial charge in [-0.15, -0.1) is 10.2 Å². The molecule has 0 aliphatic heterocycles. The number of carbonyl (C=O) groups is 2. The zero-order chi connectivity index (χ0) is 14.4. The van der Waals surface area contributed by atoms with Crippen molar-refractivity contribution in [1.29, 1.82) is 0 Å². The second-order valence-electron chi connectivity index (χ2n) is 4.07. The summed E-state index contributed by atoms with van der Waals surface area (Å²) in [7, 11) is 0. The Bertz CT molecular complexity index is 459. The summed E-state index contributed by atoms with van der Waals surface area (Å²) in [6.07, 6.45) is 0. The average molecular weight is 287 g/mol. The molecule has 0 aromatic carbocycles. The molecule has 0 saturated carbocycles. The molecular formula is C11H17N3O4S. The van der Waals surface area contributed by atoms with Gasteiger partial charge in [0.1, 0.15) is 12.4 Å². The van der Waals surface area contributed by atoms with Gasteiger partial charge in [-0.25, -0.2) is 0 Å².